The molecule has 1 aliphatic heterocycles. The van der Waals surface area contributed by atoms with Crippen LogP contribution in [-0.4, -0.2) is 36.4 Å². The van der Waals surface area contributed by atoms with Crippen molar-refractivity contribution in [3.8, 4) is 0 Å². The lowest BCUT2D eigenvalue weighted by molar-refractivity contribution is -0.121. The maximum absolute atomic E-state index is 12.6. The number of ether oxygens (including phenoxy) is 1. The molecule has 0 saturated carbocycles. The second-order valence-corrected chi connectivity index (χ2v) is 6.87. The number of carbonyl (C=O) groups is 3. The van der Waals surface area contributed by atoms with Gasteiger partial charge in [0.1, 0.15) is 6.61 Å². The van der Waals surface area contributed by atoms with Gasteiger partial charge in [-0.15, -0.1) is 0 Å². The van der Waals surface area contributed by atoms with E-state index in [4.69, 9.17) is 4.74 Å². The Hall–Kier alpha value is -1.82. The number of hydrogen-bond donors (Lipinski definition) is 0. The third-order valence-electron chi connectivity index (χ3n) is 3.99. The monoisotopic (exact) mass is 335 g/mol. The minimum absolute atomic E-state index is 0.0112. The lowest BCUT2D eigenvalue weighted by Gasteiger charge is -2.18. The van der Waals surface area contributed by atoms with Crippen LogP contribution in [0.25, 0.3) is 0 Å². The van der Waals surface area contributed by atoms with Gasteiger partial charge < -0.3 is 4.74 Å². The average molecular weight is 335 g/mol. The summed E-state index contributed by atoms with van der Waals surface area (Å²) in [5, 5.41) is 0. The highest BCUT2D eigenvalue weighted by molar-refractivity contribution is 7.98. The van der Waals surface area contributed by atoms with E-state index in [1.54, 1.807) is 50.7 Å². The average Bonchev–Trinajstić information content (AvgIpc) is 2.73. The van der Waals surface area contributed by atoms with E-state index in [1.165, 1.54) is 0 Å². The Balaban J connectivity index is 2.38. The van der Waals surface area contributed by atoms with E-state index in [2.05, 4.69) is 0 Å². The van der Waals surface area contributed by atoms with Crippen molar-refractivity contribution in [2.45, 2.75) is 32.6 Å². The Morgan fingerprint density at radius 1 is 1.30 bits per heavy atom. The summed E-state index contributed by atoms with van der Waals surface area (Å²) in [5.41, 5.74) is 0.882. The number of imide groups is 1. The van der Waals surface area contributed by atoms with E-state index in [0.29, 0.717) is 29.0 Å². The molecule has 0 aliphatic carbocycles. The van der Waals surface area contributed by atoms with Crippen molar-refractivity contribution < 1.29 is 19.1 Å². The Labute approximate surface area is 140 Å². The van der Waals surface area contributed by atoms with E-state index in [9.17, 15) is 14.4 Å². The molecule has 1 aromatic rings. The molecule has 2 rings (SSSR count). The highest BCUT2D eigenvalue weighted by atomic mass is 32.2. The highest BCUT2D eigenvalue weighted by Gasteiger charge is 2.47. The molecule has 1 aliphatic rings. The first-order chi connectivity index (χ1) is 10.8. The summed E-state index contributed by atoms with van der Waals surface area (Å²) in [4.78, 5) is 37.9. The number of benzene rings is 1. The number of hydrogen-bond acceptors (Lipinski definition) is 5. The SMILES string of the molecule is CCC(=O)c1ccc2c(c1)C(C)(C)C(=O)N2C(=O)OCCSC. The van der Waals surface area contributed by atoms with Gasteiger partial charge in [-0.25, -0.2) is 9.69 Å². The van der Waals surface area contributed by atoms with Crippen LogP contribution in [0.4, 0.5) is 10.5 Å². The zero-order valence-corrected chi connectivity index (χ0v) is 14.7. The molecule has 0 spiro atoms. The second kappa shape index (κ2) is 6.74. The topological polar surface area (TPSA) is 63.7 Å². The third-order valence-corrected chi connectivity index (χ3v) is 4.56. The van der Waals surface area contributed by atoms with Crippen LogP contribution in [0.1, 0.15) is 43.1 Å². The zero-order chi connectivity index (χ0) is 17.2. The van der Waals surface area contributed by atoms with E-state index in [-0.39, 0.29) is 18.3 Å². The Morgan fingerprint density at radius 3 is 2.61 bits per heavy atom. The van der Waals surface area contributed by atoms with Gasteiger partial charge in [0.25, 0.3) is 0 Å². The molecule has 0 saturated heterocycles. The van der Waals surface area contributed by atoms with Gasteiger partial charge in [-0.1, -0.05) is 6.92 Å². The molecule has 0 atom stereocenters. The number of carbonyl (C=O) groups excluding carboxylic acids is 3. The first-order valence-electron chi connectivity index (χ1n) is 7.52. The van der Waals surface area contributed by atoms with Gasteiger partial charge in [-0.2, -0.15) is 11.8 Å². The van der Waals surface area contributed by atoms with Crippen molar-refractivity contribution in [2.75, 3.05) is 23.5 Å². The highest BCUT2D eigenvalue weighted by Crippen LogP contribution is 2.42. The van der Waals surface area contributed by atoms with Gasteiger partial charge in [0.15, 0.2) is 5.78 Å². The van der Waals surface area contributed by atoms with Gasteiger partial charge in [0.2, 0.25) is 5.91 Å². The molecule has 0 radical (unpaired) electrons. The smallest absolute Gasteiger partial charge is 0.421 e. The Morgan fingerprint density at radius 2 is 2.00 bits per heavy atom. The molecule has 0 N–H and O–H groups in total. The van der Waals surface area contributed by atoms with Crippen LogP contribution >= 0.6 is 11.8 Å². The molecule has 6 heteroatoms. The van der Waals surface area contributed by atoms with Crippen LogP contribution in [0, 0.1) is 0 Å². The van der Waals surface area contributed by atoms with E-state index in [1.807, 2.05) is 6.26 Å². The summed E-state index contributed by atoms with van der Waals surface area (Å²) >= 11 is 1.56. The molecule has 124 valence electrons. The molecular formula is C17H21NO4S. The number of anilines is 1. The lowest BCUT2D eigenvalue weighted by atomic mass is 9.85. The fourth-order valence-corrected chi connectivity index (χ4v) is 2.82. The van der Waals surface area contributed by atoms with Crippen molar-refractivity contribution in [3.05, 3.63) is 29.3 Å². The zero-order valence-electron chi connectivity index (χ0n) is 13.8. The Kier molecular flexibility index (Phi) is 5.14. The molecule has 0 aromatic heterocycles. The van der Waals surface area contributed by atoms with Crippen LogP contribution in [0.5, 0.6) is 0 Å². The number of ketones is 1. The maximum atomic E-state index is 12.6. The number of fused-ring (bicyclic) bond motifs is 1. The van der Waals surface area contributed by atoms with Crippen molar-refractivity contribution in [3.63, 3.8) is 0 Å². The quantitative estimate of drug-likeness (QED) is 0.609. The van der Waals surface area contributed by atoms with Crippen LogP contribution in [-0.2, 0) is 14.9 Å². The van der Waals surface area contributed by atoms with Gasteiger partial charge in [0, 0.05) is 17.7 Å². The molecular weight excluding hydrogens is 314 g/mol. The van der Waals surface area contributed by atoms with Crippen molar-refractivity contribution in [1.29, 1.82) is 0 Å². The summed E-state index contributed by atoms with van der Waals surface area (Å²) in [6.07, 6.45) is 1.65. The molecule has 0 unspecified atom stereocenters. The van der Waals surface area contributed by atoms with Crippen LogP contribution in [0.15, 0.2) is 18.2 Å². The number of Topliss-reactive ketones (excluding diaryl/α,β-unsaturated/α-hetero) is 1. The molecule has 1 heterocycles. The van der Waals surface area contributed by atoms with E-state index in [0.717, 1.165) is 4.90 Å². The molecule has 1 aromatic carbocycles. The largest absolute Gasteiger partial charge is 0.448 e. The third kappa shape index (κ3) is 3.13. The Bertz CT molecular complexity index is 654. The fourth-order valence-electron chi connectivity index (χ4n) is 2.57. The maximum Gasteiger partial charge on any atom is 0.421 e. The van der Waals surface area contributed by atoms with E-state index >= 15 is 0 Å². The summed E-state index contributed by atoms with van der Waals surface area (Å²) < 4.78 is 5.16. The standard InChI is InChI=1S/C17H21NO4S/c1-5-14(19)11-6-7-13-12(10-11)17(2,3)15(20)18(13)16(21)22-8-9-23-4/h6-7,10H,5,8-9H2,1-4H3. The first kappa shape index (κ1) is 17.5. The molecule has 23 heavy (non-hydrogen) atoms. The minimum atomic E-state index is -0.863. The van der Waals surface area contributed by atoms with Gasteiger partial charge >= 0.3 is 6.09 Å². The second-order valence-electron chi connectivity index (χ2n) is 5.88. The summed E-state index contributed by atoms with van der Waals surface area (Å²) in [6, 6.07) is 5.02. The summed E-state index contributed by atoms with van der Waals surface area (Å²) in [5.74, 6) is 0.355. The van der Waals surface area contributed by atoms with Crippen LogP contribution in [0.2, 0.25) is 0 Å². The molecule has 0 bridgehead atoms. The predicted molar refractivity (Wildman–Crippen MR) is 91.3 cm³/mol. The normalized spacial score (nSPS) is 15.5. The molecule has 2 amide bonds. The van der Waals surface area contributed by atoms with Crippen molar-refractivity contribution >= 4 is 35.2 Å². The van der Waals surface area contributed by atoms with Crippen molar-refractivity contribution in [2.24, 2.45) is 0 Å². The minimum Gasteiger partial charge on any atom is -0.448 e. The van der Waals surface area contributed by atoms with Crippen LogP contribution in [0.3, 0.4) is 0 Å². The lowest BCUT2D eigenvalue weighted by Crippen LogP contribution is -2.40. The summed E-state index contributed by atoms with van der Waals surface area (Å²) in [7, 11) is 0. The molecule has 0 fully saturated rings. The van der Waals surface area contributed by atoms with Gasteiger partial charge in [-0.05, 0) is 43.9 Å². The number of thioether (sulfide) groups is 1. The number of rotatable bonds is 5. The fraction of sp³-hybridized carbons (Fsp3) is 0.471. The van der Waals surface area contributed by atoms with Gasteiger partial charge in [0.05, 0.1) is 11.1 Å². The van der Waals surface area contributed by atoms with E-state index < -0.39 is 11.5 Å². The first-order valence-corrected chi connectivity index (χ1v) is 8.92. The van der Waals surface area contributed by atoms with Gasteiger partial charge in [-0.3, -0.25) is 9.59 Å². The van der Waals surface area contributed by atoms with Crippen LogP contribution < -0.4 is 4.90 Å². The molecule has 5 nitrogen and oxygen atoms in total. The van der Waals surface area contributed by atoms with Crippen molar-refractivity contribution in [1.82, 2.24) is 0 Å². The number of nitrogens with zero attached hydrogens (tertiary/aromatic N) is 1. The summed E-state index contributed by atoms with van der Waals surface area (Å²) in [6.45, 7) is 5.56. The number of amides is 2. The predicted octanol–water partition coefficient (Wildman–Crippen LogP) is 3.40.